The zero-order chi connectivity index (χ0) is 20.1. The van der Waals surface area contributed by atoms with Gasteiger partial charge in [0.05, 0.1) is 6.61 Å². The van der Waals surface area contributed by atoms with Gasteiger partial charge < -0.3 is 20.4 Å². The van der Waals surface area contributed by atoms with E-state index in [0.29, 0.717) is 22.4 Å². The number of carbonyl (C=O) groups excluding carboxylic acids is 1. The number of carbonyl (C=O) groups is 1. The van der Waals surface area contributed by atoms with Gasteiger partial charge in [0.1, 0.15) is 30.4 Å². The molecule has 3 rings (SSSR count). The molecule has 1 unspecified atom stereocenters. The van der Waals surface area contributed by atoms with Gasteiger partial charge in [0, 0.05) is 36.7 Å². The molecule has 0 aliphatic rings. The Morgan fingerprint density at radius 3 is 2.93 bits per heavy atom. The summed E-state index contributed by atoms with van der Waals surface area (Å²) in [6.45, 7) is -1.58. The first kappa shape index (κ1) is 19.5. The number of rotatable bonds is 7. The lowest BCUT2D eigenvalue weighted by atomic mass is 10.2. The summed E-state index contributed by atoms with van der Waals surface area (Å²) in [5, 5.41) is 5.30. The van der Waals surface area contributed by atoms with Gasteiger partial charge in [0.15, 0.2) is 5.82 Å². The van der Waals surface area contributed by atoms with Crippen LogP contribution in [0.5, 0.6) is 0 Å². The molecule has 0 aromatic carbocycles. The van der Waals surface area contributed by atoms with Crippen molar-refractivity contribution >= 4 is 22.8 Å². The zero-order valence-corrected chi connectivity index (χ0v) is 14.6. The van der Waals surface area contributed by atoms with Crippen LogP contribution in [0, 0.1) is 0 Å². The van der Waals surface area contributed by atoms with Crippen LogP contribution in [-0.2, 0) is 9.53 Å². The molecule has 1 atom stereocenters. The van der Waals surface area contributed by atoms with Crippen LogP contribution in [-0.4, -0.2) is 63.3 Å². The van der Waals surface area contributed by atoms with E-state index < -0.39 is 24.7 Å². The molecule has 1 amide bonds. The van der Waals surface area contributed by atoms with Crippen molar-refractivity contribution < 1.29 is 22.7 Å². The second-order valence-electron chi connectivity index (χ2n) is 5.74. The molecule has 3 aromatic heterocycles. The summed E-state index contributed by atoms with van der Waals surface area (Å²) in [7, 11) is 1.34. The van der Waals surface area contributed by atoms with E-state index >= 15 is 0 Å². The summed E-state index contributed by atoms with van der Waals surface area (Å²) in [5.74, 6) is -0.279. The van der Waals surface area contributed by atoms with Gasteiger partial charge in [-0.05, 0) is 6.07 Å². The minimum absolute atomic E-state index is 0.149. The number of alkyl halides is 3. The van der Waals surface area contributed by atoms with Gasteiger partial charge in [0.2, 0.25) is 5.91 Å². The minimum atomic E-state index is -4.51. The number of hydrogen-bond donors (Lipinski definition) is 3. The molecule has 12 heteroatoms. The van der Waals surface area contributed by atoms with Crippen LogP contribution >= 0.6 is 0 Å². The maximum Gasteiger partial charge on any atom is 0.405 e. The fourth-order valence-electron chi connectivity index (χ4n) is 2.45. The van der Waals surface area contributed by atoms with Gasteiger partial charge in [-0.25, -0.2) is 19.9 Å². The molecule has 0 saturated heterocycles. The number of ether oxygens (including phenoxy) is 1. The lowest BCUT2D eigenvalue weighted by molar-refractivity contribution is -0.139. The van der Waals surface area contributed by atoms with Gasteiger partial charge in [-0.15, -0.1) is 0 Å². The summed E-state index contributed by atoms with van der Waals surface area (Å²) < 4.78 is 41.9. The van der Waals surface area contributed by atoms with Crippen LogP contribution in [0.1, 0.15) is 0 Å². The maximum atomic E-state index is 12.3. The predicted molar refractivity (Wildman–Crippen MR) is 93.3 cm³/mol. The van der Waals surface area contributed by atoms with E-state index in [1.165, 1.54) is 25.7 Å². The largest absolute Gasteiger partial charge is 0.405 e. The molecule has 3 aromatic rings. The highest BCUT2D eigenvalue weighted by Crippen LogP contribution is 2.24. The molecule has 0 fully saturated rings. The smallest absolute Gasteiger partial charge is 0.382 e. The highest BCUT2D eigenvalue weighted by Gasteiger charge is 2.29. The fraction of sp³-hybridized carbons (Fsp3) is 0.312. The Labute approximate surface area is 156 Å². The number of hydrogen-bond acceptors (Lipinski definition) is 7. The molecule has 148 valence electrons. The molecular formula is C16H16F3N7O2. The van der Waals surface area contributed by atoms with Crippen molar-refractivity contribution in [3.8, 4) is 11.4 Å². The van der Waals surface area contributed by atoms with E-state index in [1.807, 2.05) is 5.32 Å². The van der Waals surface area contributed by atoms with Crippen molar-refractivity contribution in [3.63, 3.8) is 0 Å². The summed E-state index contributed by atoms with van der Waals surface area (Å²) >= 11 is 0. The topological polar surface area (TPSA) is 118 Å². The van der Waals surface area contributed by atoms with Crippen molar-refractivity contribution in [2.75, 3.05) is 25.6 Å². The summed E-state index contributed by atoms with van der Waals surface area (Å²) in [5.41, 5.74) is 1.25. The quantitative estimate of drug-likeness (QED) is 0.555. The first-order valence-corrected chi connectivity index (χ1v) is 8.08. The van der Waals surface area contributed by atoms with E-state index in [4.69, 9.17) is 4.74 Å². The predicted octanol–water partition coefficient (Wildman–Crippen LogP) is 1.52. The number of methoxy groups -OCH3 is 1. The third-order valence-corrected chi connectivity index (χ3v) is 3.69. The summed E-state index contributed by atoms with van der Waals surface area (Å²) in [6, 6.07) is 0.426. The summed E-state index contributed by atoms with van der Waals surface area (Å²) in [4.78, 5) is 31.6. The normalized spacial score (nSPS) is 12.7. The van der Waals surface area contributed by atoms with E-state index in [2.05, 4.69) is 30.2 Å². The number of H-pyrrole nitrogens is 1. The third kappa shape index (κ3) is 4.71. The monoisotopic (exact) mass is 395 g/mol. The van der Waals surface area contributed by atoms with E-state index in [9.17, 15) is 18.0 Å². The number of aromatic amines is 1. The molecule has 3 N–H and O–H groups in total. The Kier molecular flexibility index (Phi) is 5.68. The fourth-order valence-corrected chi connectivity index (χ4v) is 2.45. The van der Waals surface area contributed by atoms with Crippen LogP contribution in [0.15, 0.2) is 31.0 Å². The van der Waals surface area contributed by atoms with Crippen LogP contribution < -0.4 is 10.6 Å². The Bertz CT molecular complexity index is 961. The first-order chi connectivity index (χ1) is 13.4. The lowest BCUT2D eigenvalue weighted by Crippen LogP contribution is -2.45. The molecule has 0 saturated carbocycles. The van der Waals surface area contributed by atoms with Crippen molar-refractivity contribution in [3.05, 3.63) is 31.0 Å². The average molecular weight is 395 g/mol. The standard InChI is InChI=1S/C16H16F3N7O2/c1-28-6-11(15(27)23-7-16(17,18)19)25-12-2-3-21-14(26-12)10-5-22-13-9(10)4-20-8-24-13/h2-5,8,11H,6-7H2,1H3,(H,23,27)(H,20,22,24)(H,21,25,26). The van der Waals surface area contributed by atoms with E-state index in [0.717, 1.165) is 0 Å². The van der Waals surface area contributed by atoms with Crippen molar-refractivity contribution in [1.29, 1.82) is 0 Å². The third-order valence-electron chi connectivity index (χ3n) is 3.69. The zero-order valence-electron chi connectivity index (χ0n) is 14.6. The Balaban J connectivity index is 1.79. The van der Waals surface area contributed by atoms with Crippen LogP contribution in [0.25, 0.3) is 22.4 Å². The summed E-state index contributed by atoms with van der Waals surface area (Å²) in [6.07, 6.45) is 1.63. The number of aromatic nitrogens is 5. The van der Waals surface area contributed by atoms with Gasteiger partial charge in [-0.2, -0.15) is 13.2 Å². The second-order valence-corrected chi connectivity index (χ2v) is 5.74. The molecule has 0 radical (unpaired) electrons. The van der Waals surface area contributed by atoms with Crippen LogP contribution in [0.2, 0.25) is 0 Å². The van der Waals surface area contributed by atoms with Crippen LogP contribution in [0.4, 0.5) is 19.0 Å². The molecule has 0 bridgehead atoms. The highest BCUT2D eigenvalue weighted by atomic mass is 19.4. The molecule has 0 aliphatic heterocycles. The lowest BCUT2D eigenvalue weighted by Gasteiger charge is -2.19. The minimum Gasteiger partial charge on any atom is -0.382 e. The molecule has 3 heterocycles. The maximum absolute atomic E-state index is 12.3. The second kappa shape index (κ2) is 8.17. The van der Waals surface area contributed by atoms with E-state index in [-0.39, 0.29) is 12.4 Å². The van der Waals surface area contributed by atoms with Gasteiger partial charge in [0.25, 0.3) is 0 Å². The number of fused-ring (bicyclic) bond motifs is 1. The molecule has 0 aliphatic carbocycles. The van der Waals surface area contributed by atoms with Crippen molar-refractivity contribution in [2.24, 2.45) is 0 Å². The Hall–Kier alpha value is -3.28. The molecular weight excluding hydrogens is 379 g/mol. The SMILES string of the molecule is COCC(Nc1ccnc(-c2c[nH]c3ncncc23)n1)C(=O)NCC(F)(F)F. The number of halogens is 3. The molecule has 9 nitrogen and oxygen atoms in total. The van der Waals surface area contributed by atoms with Crippen molar-refractivity contribution in [1.82, 2.24) is 30.2 Å². The number of anilines is 1. The number of nitrogens with one attached hydrogen (secondary N) is 3. The Morgan fingerprint density at radius 1 is 1.36 bits per heavy atom. The van der Waals surface area contributed by atoms with Crippen LogP contribution in [0.3, 0.4) is 0 Å². The molecule has 0 spiro atoms. The first-order valence-electron chi connectivity index (χ1n) is 8.08. The van der Waals surface area contributed by atoms with Crippen molar-refractivity contribution in [2.45, 2.75) is 12.2 Å². The van der Waals surface area contributed by atoms with E-state index in [1.54, 1.807) is 12.4 Å². The van der Waals surface area contributed by atoms with Gasteiger partial charge >= 0.3 is 6.18 Å². The van der Waals surface area contributed by atoms with Gasteiger partial charge in [-0.1, -0.05) is 0 Å². The average Bonchev–Trinajstić information content (AvgIpc) is 3.09. The molecule has 28 heavy (non-hydrogen) atoms. The number of amides is 1. The van der Waals surface area contributed by atoms with Gasteiger partial charge in [-0.3, -0.25) is 4.79 Å². The highest BCUT2D eigenvalue weighted by molar-refractivity contribution is 5.91. The Morgan fingerprint density at radius 2 is 2.18 bits per heavy atom. The number of nitrogens with zero attached hydrogens (tertiary/aromatic N) is 4.